The zero-order chi connectivity index (χ0) is 10.7. The fraction of sp³-hybridized carbons (Fsp3) is 0.0909. The molecule has 15 heavy (non-hydrogen) atoms. The van der Waals surface area contributed by atoms with Crippen LogP contribution in [0.4, 0.5) is 5.69 Å². The molecule has 76 valence electrons. The van der Waals surface area contributed by atoms with Crippen molar-refractivity contribution in [2.24, 2.45) is 7.05 Å². The van der Waals surface area contributed by atoms with Crippen molar-refractivity contribution in [1.82, 2.24) is 9.78 Å². The molecule has 1 N–H and O–H groups in total. The highest BCUT2D eigenvalue weighted by Crippen LogP contribution is 2.25. The van der Waals surface area contributed by atoms with Crippen molar-refractivity contribution in [3.05, 3.63) is 36.5 Å². The molecule has 0 fully saturated rings. The van der Waals surface area contributed by atoms with Gasteiger partial charge in [0.15, 0.2) is 0 Å². The summed E-state index contributed by atoms with van der Waals surface area (Å²) in [5.41, 5.74) is 2.54. The topological polar surface area (TPSA) is 46.9 Å². The normalized spacial score (nSPS) is 9.93. The molecule has 0 aliphatic heterocycles. The van der Waals surface area contributed by atoms with Crippen molar-refractivity contribution in [1.29, 1.82) is 0 Å². The molecule has 4 heteroatoms. The van der Waals surface area contributed by atoms with E-state index in [0.717, 1.165) is 16.9 Å². The van der Waals surface area contributed by atoms with Crippen LogP contribution in [0.15, 0.2) is 36.5 Å². The van der Waals surface area contributed by atoms with Crippen molar-refractivity contribution in [2.75, 3.05) is 5.32 Å². The minimum Gasteiger partial charge on any atom is -0.328 e. The van der Waals surface area contributed by atoms with Crippen LogP contribution in [0.1, 0.15) is 0 Å². The molecule has 1 heterocycles. The van der Waals surface area contributed by atoms with E-state index in [1.807, 2.05) is 43.6 Å². The van der Waals surface area contributed by atoms with Gasteiger partial charge >= 0.3 is 0 Å². The summed E-state index contributed by atoms with van der Waals surface area (Å²) < 4.78 is 1.73. The molecule has 0 aliphatic rings. The molecule has 1 aromatic heterocycles. The summed E-state index contributed by atoms with van der Waals surface area (Å²) in [6, 6.07) is 9.47. The number of anilines is 1. The maximum atomic E-state index is 10.4. The summed E-state index contributed by atoms with van der Waals surface area (Å²) >= 11 is 0. The average molecular weight is 201 g/mol. The lowest BCUT2D eigenvalue weighted by Gasteiger charge is -2.04. The molecule has 0 saturated heterocycles. The van der Waals surface area contributed by atoms with E-state index in [1.54, 1.807) is 4.68 Å². The maximum Gasteiger partial charge on any atom is 0.211 e. The van der Waals surface area contributed by atoms with Gasteiger partial charge in [-0.2, -0.15) is 5.10 Å². The Bertz CT molecular complexity index is 476. The van der Waals surface area contributed by atoms with Crippen LogP contribution in [0.3, 0.4) is 0 Å². The largest absolute Gasteiger partial charge is 0.328 e. The van der Waals surface area contributed by atoms with Crippen LogP contribution >= 0.6 is 0 Å². The lowest BCUT2D eigenvalue weighted by atomic mass is 10.1. The lowest BCUT2D eigenvalue weighted by molar-refractivity contribution is -0.105. The molecule has 2 aromatic rings. The number of nitrogens with one attached hydrogen (secondary N) is 1. The molecule has 0 saturated carbocycles. The summed E-state index contributed by atoms with van der Waals surface area (Å²) in [7, 11) is 1.86. The van der Waals surface area contributed by atoms with Gasteiger partial charge in [-0.25, -0.2) is 0 Å². The summed E-state index contributed by atoms with van der Waals surface area (Å²) in [6.45, 7) is 0. The monoisotopic (exact) mass is 201 g/mol. The van der Waals surface area contributed by atoms with Gasteiger partial charge in [0.1, 0.15) is 0 Å². The average Bonchev–Trinajstić information content (AvgIpc) is 2.66. The zero-order valence-electron chi connectivity index (χ0n) is 8.34. The van der Waals surface area contributed by atoms with Gasteiger partial charge in [-0.1, -0.05) is 18.2 Å². The van der Waals surface area contributed by atoms with Crippen LogP contribution in [-0.2, 0) is 11.8 Å². The molecule has 2 rings (SSSR count). The van der Waals surface area contributed by atoms with E-state index in [-0.39, 0.29) is 0 Å². The number of nitrogens with zero attached hydrogens (tertiary/aromatic N) is 2. The van der Waals surface area contributed by atoms with Gasteiger partial charge < -0.3 is 5.32 Å². The first-order valence-corrected chi connectivity index (χ1v) is 4.60. The van der Waals surface area contributed by atoms with Crippen molar-refractivity contribution in [3.63, 3.8) is 0 Å². The van der Waals surface area contributed by atoms with E-state index in [9.17, 15) is 4.79 Å². The van der Waals surface area contributed by atoms with E-state index in [4.69, 9.17) is 0 Å². The minimum absolute atomic E-state index is 0.668. The Hall–Kier alpha value is -2.10. The van der Waals surface area contributed by atoms with E-state index in [2.05, 4.69) is 10.4 Å². The summed E-state index contributed by atoms with van der Waals surface area (Å²) in [5, 5.41) is 6.94. The Morgan fingerprint density at radius 1 is 1.33 bits per heavy atom. The lowest BCUT2D eigenvalue weighted by Crippen LogP contribution is -1.96. The molecule has 0 spiro atoms. The minimum atomic E-state index is 0.668. The van der Waals surface area contributed by atoms with Gasteiger partial charge in [-0.05, 0) is 12.1 Å². The Morgan fingerprint density at radius 2 is 2.13 bits per heavy atom. The summed E-state index contributed by atoms with van der Waals surface area (Å²) in [6.07, 6.45) is 2.54. The number of hydrogen-bond acceptors (Lipinski definition) is 2. The molecule has 0 atom stereocenters. The quantitative estimate of drug-likeness (QED) is 0.767. The number of carbonyl (C=O) groups is 1. The number of para-hydroxylation sites is 1. The van der Waals surface area contributed by atoms with Gasteiger partial charge in [0, 0.05) is 24.5 Å². The SMILES string of the molecule is Cn1ccc(-c2ccccc2NC=O)n1. The van der Waals surface area contributed by atoms with E-state index >= 15 is 0 Å². The van der Waals surface area contributed by atoms with Crippen molar-refractivity contribution >= 4 is 12.1 Å². The molecule has 0 bridgehead atoms. The van der Waals surface area contributed by atoms with Gasteiger partial charge in [0.05, 0.1) is 5.69 Å². The van der Waals surface area contributed by atoms with Crippen LogP contribution in [0.5, 0.6) is 0 Å². The van der Waals surface area contributed by atoms with Crippen molar-refractivity contribution < 1.29 is 4.79 Å². The van der Waals surface area contributed by atoms with Crippen molar-refractivity contribution in [3.8, 4) is 11.3 Å². The molecule has 0 unspecified atom stereocenters. The second kappa shape index (κ2) is 3.96. The first kappa shape index (κ1) is 9.45. The summed E-state index contributed by atoms with van der Waals surface area (Å²) in [5.74, 6) is 0. The van der Waals surface area contributed by atoms with E-state index in [0.29, 0.717) is 6.41 Å². The third-order valence-corrected chi connectivity index (χ3v) is 2.13. The number of rotatable bonds is 3. The molecule has 0 aliphatic carbocycles. The number of benzene rings is 1. The molecule has 1 amide bonds. The maximum absolute atomic E-state index is 10.4. The van der Waals surface area contributed by atoms with Crippen LogP contribution in [0.25, 0.3) is 11.3 Å². The fourth-order valence-electron chi connectivity index (χ4n) is 1.45. The fourth-order valence-corrected chi connectivity index (χ4v) is 1.45. The number of carbonyl (C=O) groups excluding carboxylic acids is 1. The summed E-state index contributed by atoms with van der Waals surface area (Å²) in [4.78, 5) is 10.4. The van der Waals surface area contributed by atoms with Crippen LogP contribution in [0, 0.1) is 0 Å². The Balaban J connectivity index is 2.47. The molecule has 1 aromatic carbocycles. The third kappa shape index (κ3) is 1.88. The first-order chi connectivity index (χ1) is 7.31. The standard InChI is InChI=1S/C11H11N3O/c1-14-7-6-11(13-14)9-4-2-3-5-10(9)12-8-15/h2-8H,1H3,(H,12,15). The Kier molecular flexibility index (Phi) is 2.49. The highest BCUT2D eigenvalue weighted by molar-refractivity contribution is 5.83. The molecular weight excluding hydrogens is 190 g/mol. The second-order valence-corrected chi connectivity index (χ2v) is 3.18. The number of hydrogen-bond donors (Lipinski definition) is 1. The predicted molar refractivity (Wildman–Crippen MR) is 58.3 cm³/mol. The number of amides is 1. The van der Waals surface area contributed by atoms with Crippen LogP contribution < -0.4 is 5.32 Å². The van der Waals surface area contributed by atoms with Gasteiger partial charge in [0.25, 0.3) is 0 Å². The third-order valence-electron chi connectivity index (χ3n) is 2.13. The van der Waals surface area contributed by atoms with Gasteiger partial charge in [-0.3, -0.25) is 9.48 Å². The smallest absolute Gasteiger partial charge is 0.211 e. The van der Waals surface area contributed by atoms with Crippen LogP contribution in [0.2, 0.25) is 0 Å². The molecule has 0 radical (unpaired) electrons. The van der Waals surface area contributed by atoms with Crippen LogP contribution in [-0.4, -0.2) is 16.2 Å². The highest BCUT2D eigenvalue weighted by atomic mass is 16.1. The number of aryl methyl sites for hydroxylation is 1. The first-order valence-electron chi connectivity index (χ1n) is 4.60. The second-order valence-electron chi connectivity index (χ2n) is 3.18. The molecular formula is C11H11N3O. The van der Waals surface area contributed by atoms with E-state index in [1.165, 1.54) is 0 Å². The Morgan fingerprint density at radius 3 is 2.80 bits per heavy atom. The zero-order valence-corrected chi connectivity index (χ0v) is 8.34. The van der Waals surface area contributed by atoms with E-state index < -0.39 is 0 Å². The highest BCUT2D eigenvalue weighted by Gasteiger charge is 2.05. The number of aromatic nitrogens is 2. The predicted octanol–water partition coefficient (Wildman–Crippen LogP) is 1.66. The Labute approximate surface area is 87.5 Å². The van der Waals surface area contributed by atoms with Crippen molar-refractivity contribution in [2.45, 2.75) is 0 Å². The van der Waals surface area contributed by atoms with Gasteiger partial charge in [-0.15, -0.1) is 0 Å². The molecule has 4 nitrogen and oxygen atoms in total. The van der Waals surface area contributed by atoms with Gasteiger partial charge in [0.2, 0.25) is 6.41 Å².